The highest BCUT2D eigenvalue weighted by Crippen LogP contribution is 2.51. The Morgan fingerprint density at radius 1 is 0.950 bits per heavy atom. The van der Waals surface area contributed by atoms with Crippen LogP contribution < -0.4 is 0 Å². The average molecular weight is 264 g/mol. The fraction of sp³-hybridized carbons (Fsp3) is 0.316. The summed E-state index contributed by atoms with van der Waals surface area (Å²) in [6, 6.07) is 1.26. The van der Waals surface area contributed by atoms with Crippen molar-refractivity contribution in [1.82, 2.24) is 4.98 Å². The smallest absolute Gasteiger partial charge is 0.0783 e. The summed E-state index contributed by atoms with van der Waals surface area (Å²) in [6.07, 6.45) is 6.52. The van der Waals surface area contributed by atoms with E-state index in [9.17, 15) is 0 Å². The predicted octanol–water partition coefficient (Wildman–Crippen LogP) is 5.14. The Morgan fingerprint density at radius 3 is 2.70 bits per heavy atom. The van der Waals surface area contributed by atoms with Crippen molar-refractivity contribution in [2.45, 2.75) is 37.5 Å². The van der Waals surface area contributed by atoms with Gasteiger partial charge in [0, 0.05) is 17.0 Å². The number of hydrogen-bond donors (Lipinski definition) is 0. The molecule has 20 heavy (non-hydrogen) atoms. The first-order valence-corrected chi connectivity index (χ1v) is 7.31. The second-order valence-electron chi connectivity index (χ2n) is 5.98. The predicted molar refractivity (Wildman–Crippen MR) is 83.2 cm³/mol. The maximum Gasteiger partial charge on any atom is 0.0783 e. The van der Waals surface area contributed by atoms with Crippen LogP contribution in [0.1, 0.15) is 55.5 Å². The van der Waals surface area contributed by atoms with Crippen LogP contribution >= 0.6 is 0 Å². The summed E-state index contributed by atoms with van der Waals surface area (Å²) in [4.78, 5) is 4.62. The van der Waals surface area contributed by atoms with Gasteiger partial charge >= 0.3 is 0 Å². The lowest BCUT2D eigenvalue weighted by Gasteiger charge is -2.38. The molecule has 2 aromatic carbocycles. The topological polar surface area (TPSA) is 12.9 Å². The summed E-state index contributed by atoms with van der Waals surface area (Å²) in [5, 5.41) is 1.57. The lowest BCUT2D eigenvalue weighted by Crippen LogP contribution is -2.22. The van der Waals surface area contributed by atoms with E-state index in [1.165, 1.54) is 30.0 Å². The van der Waals surface area contributed by atoms with Gasteiger partial charge in [-0.15, -0.1) is 0 Å². The monoisotopic (exact) mass is 264 g/mol. The maximum absolute atomic E-state index is 8.59. The number of benzene rings is 2. The Hall–Kier alpha value is -1.89. The highest BCUT2D eigenvalue weighted by Gasteiger charge is 2.34. The molecule has 0 amide bonds. The van der Waals surface area contributed by atoms with Gasteiger partial charge in [-0.1, -0.05) is 36.3 Å². The Balaban J connectivity index is 2.02. The van der Waals surface area contributed by atoms with Crippen molar-refractivity contribution in [3.63, 3.8) is 0 Å². The molecular formula is C19H17N. The van der Waals surface area contributed by atoms with Crippen LogP contribution in [0.2, 0.25) is 0 Å². The molecule has 3 aliphatic carbocycles. The molecule has 0 radical (unpaired) electrons. The summed E-state index contributed by atoms with van der Waals surface area (Å²) in [5.74, 6) is 0.933. The summed E-state index contributed by atoms with van der Waals surface area (Å²) in [6.45, 7) is 0. The fourth-order valence-electron chi connectivity index (χ4n) is 4.09. The number of aromatic nitrogens is 1. The molecule has 0 N–H and O–H groups in total. The number of fused-ring (bicyclic) bond motifs is 5. The molecule has 0 unspecified atom stereocenters. The molecule has 1 saturated carbocycles. The summed E-state index contributed by atoms with van der Waals surface area (Å²) >= 11 is 0. The van der Waals surface area contributed by atoms with E-state index in [0.29, 0.717) is 22.7 Å². The molecular weight excluding hydrogens is 242 g/mol. The lowest BCUT2D eigenvalue weighted by molar-refractivity contribution is 0.360. The zero-order chi connectivity index (χ0) is 17.5. The second-order valence-corrected chi connectivity index (χ2v) is 5.98. The molecule has 0 aliphatic heterocycles. The van der Waals surface area contributed by atoms with Crippen LogP contribution in [0, 0.1) is 0 Å². The van der Waals surface area contributed by atoms with Gasteiger partial charge in [-0.05, 0) is 54.0 Å². The van der Waals surface area contributed by atoms with Gasteiger partial charge in [0.25, 0.3) is 0 Å². The Kier molecular flexibility index (Phi) is 1.38. The van der Waals surface area contributed by atoms with Gasteiger partial charge in [-0.2, -0.15) is 0 Å². The minimum atomic E-state index is -0.197. The van der Waals surface area contributed by atoms with Crippen LogP contribution in [0.5, 0.6) is 0 Å². The molecule has 1 fully saturated rings. The molecule has 6 rings (SSSR count). The van der Waals surface area contributed by atoms with Crippen LogP contribution in [-0.2, 0) is 0 Å². The highest BCUT2D eigenvalue weighted by atomic mass is 14.7. The van der Waals surface area contributed by atoms with E-state index in [-0.39, 0.29) is 35.6 Å². The van der Waals surface area contributed by atoms with Crippen molar-refractivity contribution in [2.75, 3.05) is 0 Å². The first kappa shape index (κ1) is 7.21. The summed E-state index contributed by atoms with van der Waals surface area (Å²) in [7, 11) is 0. The third-order valence-electron chi connectivity index (χ3n) is 5.04. The summed E-state index contributed by atoms with van der Waals surface area (Å²) < 4.78 is 41.1. The quantitative estimate of drug-likeness (QED) is 0.512. The minimum absolute atomic E-state index is 0.0161. The van der Waals surface area contributed by atoms with E-state index < -0.39 is 0 Å². The Bertz CT molecular complexity index is 1070. The van der Waals surface area contributed by atoms with Gasteiger partial charge in [0.15, 0.2) is 0 Å². The molecule has 3 aromatic rings. The van der Waals surface area contributed by atoms with Crippen LogP contribution in [-0.4, -0.2) is 4.98 Å². The molecule has 98 valence electrons. The first-order chi connectivity index (χ1) is 12.0. The highest BCUT2D eigenvalue weighted by molar-refractivity contribution is 6.06. The van der Waals surface area contributed by atoms with Crippen LogP contribution in [0.25, 0.3) is 21.7 Å². The lowest BCUT2D eigenvalue weighted by atomic mass is 9.66. The molecule has 0 saturated heterocycles. The number of pyridine rings is 1. The van der Waals surface area contributed by atoms with Crippen molar-refractivity contribution >= 4 is 21.7 Å². The maximum atomic E-state index is 8.59. The Morgan fingerprint density at radius 2 is 1.80 bits per heavy atom. The van der Waals surface area contributed by atoms with Crippen molar-refractivity contribution in [3.05, 3.63) is 53.6 Å². The molecule has 2 bridgehead atoms. The largest absolute Gasteiger partial charge is 0.255 e. The minimum Gasteiger partial charge on any atom is -0.255 e. The molecule has 1 heteroatoms. The average Bonchev–Trinajstić information content (AvgIpc) is 2.64. The van der Waals surface area contributed by atoms with E-state index in [0.717, 1.165) is 18.2 Å². The molecule has 1 aromatic heterocycles. The fourth-order valence-corrected chi connectivity index (χ4v) is 4.09. The third-order valence-corrected chi connectivity index (χ3v) is 5.04. The summed E-state index contributed by atoms with van der Waals surface area (Å²) in [5.41, 5.74) is 3.03. The van der Waals surface area contributed by atoms with Gasteiger partial charge in [-0.3, -0.25) is 4.98 Å². The zero-order valence-corrected chi connectivity index (χ0v) is 11.1. The number of rotatable bonds is 0. The van der Waals surface area contributed by atoms with Crippen LogP contribution in [0.4, 0.5) is 0 Å². The van der Waals surface area contributed by atoms with Gasteiger partial charge in [0.1, 0.15) is 0 Å². The molecule has 1 heterocycles. The van der Waals surface area contributed by atoms with E-state index in [4.69, 9.17) is 6.85 Å². The van der Waals surface area contributed by atoms with Gasteiger partial charge < -0.3 is 0 Å². The molecule has 1 nitrogen and oxygen atoms in total. The van der Waals surface area contributed by atoms with Crippen molar-refractivity contribution in [2.24, 2.45) is 0 Å². The molecule has 0 atom stereocenters. The number of hydrogen-bond acceptors (Lipinski definition) is 1. The van der Waals surface area contributed by atoms with E-state index >= 15 is 0 Å². The van der Waals surface area contributed by atoms with Gasteiger partial charge in [0.2, 0.25) is 0 Å². The van der Waals surface area contributed by atoms with E-state index in [1.807, 2.05) is 6.20 Å². The van der Waals surface area contributed by atoms with Gasteiger partial charge in [-0.25, -0.2) is 0 Å². The molecule has 3 aliphatic rings. The van der Waals surface area contributed by atoms with Crippen molar-refractivity contribution < 1.29 is 6.85 Å². The van der Waals surface area contributed by atoms with Crippen LogP contribution in [0.15, 0.2) is 42.5 Å². The van der Waals surface area contributed by atoms with Gasteiger partial charge in [0.05, 0.1) is 12.4 Å². The Labute approximate surface area is 125 Å². The van der Waals surface area contributed by atoms with Crippen molar-refractivity contribution in [3.8, 4) is 0 Å². The SMILES string of the molecule is [2H]c1cc2c(c([2H])c1[2H])c([2H])c([2H])c1c3c(cnc12)C1CCC3CC1. The third kappa shape index (κ3) is 1.30. The molecule has 0 spiro atoms. The zero-order valence-electron chi connectivity index (χ0n) is 16.1. The number of nitrogens with zero attached hydrogens (tertiary/aromatic N) is 1. The van der Waals surface area contributed by atoms with Crippen LogP contribution in [0.3, 0.4) is 0 Å². The van der Waals surface area contributed by atoms with Crippen molar-refractivity contribution in [1.29, 1.82) is 0 Å². The normalized spacial score (nSPS) is 27.7. The second kappa shape index (κ2) is 3.82. The first-order valence-electron chi connectivity index (χ1n) is 9.81. The van der Waals surface area contributed by atoms with E-state index in [1.54, 1.807) is 0 Å². The van der Waals surface area contributed by atoms with E-state index in [2.05, 4.69) is 4.98 Å². The standard InChI is InChI=1S/C19H17N/c1-2-4-15-12(3-1)9-10-16-18-14-7-5-13(6-8-14)17(18)11-20-19(15)16/h1-4,9-11,13-14H,5-8H2/i1D,2D,3D,9D,10D.